The van der Waals surface area contributed by atoms with Gasteiger partial charge in [0.25, 0.3) is 5.91 Å². The summed E-state index contributed by atoms with van der Waals surface area (Å²) in [5.41, 5.74) is 5.70. The lowest BCUT2D eigenvalue weighted by atomic mass is 9.92. The summed E-state index contributed by atoms with van der Waals surface area (Å²) in [4.78, 5) is 36.0. The van der Waals surface area contributed by atoms with E-state index in [1.54, 1.807) is 24.5 Å². The molecule has 1 saturated heterocycles. The molecule has 1 aliphatic heterocycles. The van der Waals surface area contributed by atoms with Crippen molar-refractivity contribution in [1.82, 2.24) is 20.2 Å². The SMILES string of the molecule is O=C(NCCCCCNc1c2c(nc3ccccc13)CCCC2)C1CCN(C(=O)c2ccncc2)CC1. The van der Waals surface area contributed by atoms with Gasteiger partial charge >= 0.3 is 0 Å². The van der Waals surface area contributed by atoms with E-state index in [1.165, 1.54) is 35.2 Å². The van der Waals surface area contributed by atoms with Crippen LogP contribution in [0.3, 0.4) is 0 Å². The van der Waals surface area contributed by atoms with Gasteiger partial charge in [-0.05, 0) is 81.5 Å². The topological polar surface area (TPSA) is 87.2 Å². The Morgan fingerprint density at radius 3 is 2.51 bits per heavy atom. The zero-order valence-corrected chi connectivity index (χ0v) is 21.5. The first-order chi connectivity index (χ1) is 18.2. The minimum absolute atomic E-state index is 0.00527. The van der Waals surface area contributed by atoms with Gasteiger partial charge in [0.2, 0.25) is 5.91 Å². The monoisotopic (exact) mass is 499 g/mol. The molecule has 0 spiro atoms. The molecule has 0 radical (unpaired) electrons. The van der Waals surface area contributed by atoms with Gasteiger partial charge in [-0.15, -0.1) is 0 Å². The Morgan fingerprint density at radius 1 is 0.919 bits per heavy atom. The molecule has 1 aliphatic carbocycles. The number of anilines is 1. The number of likely N-dealkylation sites (tertiary alicyclic amines) is 1. The van der Waals surface area contributed by atoms with Crippen molar-refractivity contribution in [2.45, 2.75) is 57.8 Å². The molecule has 5 rings (SSSR count). The van der Waals surface area contributed by atoms with Crippen molar-refractivity contribution in [2.75, 3.05) is 31.5 Å². The Morgan fingerprint density at radius 2 is 1.68 bits per heavy atom. The van der Waals surface area contributed by atoms with Gasteiger partial charge in [-0.2, -0.15) is 0 Å². The molecule has 7 nitrogen and oxygen atoms in total. The van der Waals surface area contributed by atoms with Gasteiger partial charge in [-0.3, -0.25) is 19.6 Å². The van der Waals surface area contributed by atoms with Crippen molar-refractivity contribution in [3.05, 3.63) is 65.6 Å². The predicted molar refractivity (Wildman–Crippen MR) is 147 cm³/mol. The number of carbonyl (C=O) groups is 2. The molecule has 0 atom stereocenters. The van der Waals surface area contributed by atoms with Crippen LogP contribution in [-0.2, 0) is 17.6 Å². The lowest BCUT2D eigenvalue weighted by molar-refractivity contribution is -0.126. The largest absolute Gasteiger partial charge is 0.384 e. The number of benzene rings is 1. The van der Waals surface area contributed by atoms with E-state index in [0.717, 1.165) is 57.0 Å². The molecule has 0 unspecified atom stereocenters. The molecule has 2 aliphatic rings. The minimum Gasteiger partial charge on any atom is -0.384 e. The minimum atomic E-state index is -0.00527. The second kappa shape index (κ2) is 12.2. The van der Waals surface area contributed by atoms with E-state index in [0.29, 0.717) is 25.2 Å². The van der Waals surface area contributed by atoms with Gasteiger partial charge in [0, 0.05) is 66.8 Å². The van der Waals surface area contributed by atoms with Gasteiger partial charge in [0.1, 0.15) is 0 Å². The zero-order chi connectivity index (χ0) is 25.5. The number of carbonyl (C=O) groups excluding carboxylic acids is 2. The van der Waals surface area contributed by atoms with Crippen LogP contribution in [0.1, 0.15) is 66.6 Å². The smallest absolute Gasteiger partial charge is 0.253 e. The third-order valence-corrected chi connectivity index (χ3v) is 7.70. The lowest BCUT2D eigenvalue weighted by Gasteiger charge is -2.31. The number of para-hydroxylation sites is 1. The highest BCUT2D eigenvalue weighted by Crippen LogP contribution is 2.33. The molecular formula is C30H37N5O2. The molecule has 7 heteroatoms. The van der Waals surface area contributed by atoms with Gasteiger partial charge in [-0.25, -0.2) is 0 Å². The highest BCUT2D eigenvalue weighted by Gasteiger charge is 2.27. The maximum atomic E-state index is 12.6. The Hall–Kier alpha value is -3.48. The summed E-state index contributed by atoms with van der Waals surface area (Å²) in [6.07, 6.45) is 12.5. The van der Waals surface area contributed by atoms with Crippen LogP contribution in [0, 0.1) is 5.92 Å². The molecule has 3 aromatic rings. The fourth-order valence-corrected chi connectivity index (χ4v) is 5.59. The molecule has 2 aromatic heterocycles. The number of amides is 2. The first-order valence-electron chi connectivity index (χ1n) is 13.8. The number of nitrogens with one attached hydrogen (secondary N) is 2. The third kappa shape index (κ3) is 6.09. The number of hydrogen-bond acceptors (Lipinski definition) is 5. The second-order valence-electron chi connectivity index (χ2n) is 10.2. The predicted octanol–water partition coefficient (Wildman–Crippen LogP) is 4.76. The highest BCUT2D eigenvalue weighted by molar-refractivity contribution is 5.94. The molecule has 1 aromatic carbocycles. The standard InChI is InChI=1S/C30H37N5O2/c36-29(22-14-20-35(21-15-22)30(37)23-12-18-31-19-13-23)33-17-7-1-6-16-32-28-24-8-2-4-10-26(24)34-27-11-5-3-9-25(27)28/h2,4,8,10,12-13,18-19,22H,1,3,5-7,9,11,14-17,20-21H2,(H,32,34)(H,33,36). The summed E-state index contributed by atoms with van der Waals surface area (Å²) in [5.74, 6) is 0.147. The first kappa shape index (κ1) is 25.2. The van der Waals surface area contributed by atoms with Crippen molar-refractivity contribution in [2.24, 2.45) is 5.92 Å². The van der Waals surface area contributed by atoms with Crippen molar-refractivity contribution < 1.29 is 9.59 Å². The number of pyridine rings is 2. The highest BCUT2D eigenvalue weighted by atomic mass is 16.2. The van der Waals surface area contributed by atoms with Crippen LogP contribution < -0.4 is 10.6 Å². The Balaban J connectivity index is 1.01. The van der Waals surface area contributed by atoms with Gasteiger partial charge < -0.3 is 15.5 Å². The van der Waals surface area contributed by atoms with E-state index in [-0.39, 0.29) is 17.7 Å². The number of unbranched alkanes of at least 4 members (excludes halogenated alkanes) is 2. The van der Waals surface area contributed by atoms with Crippen LogP contribution in [0.5, 0.6) is 0 Å². The zero-order valence-electron chi connectivity index (χ0n) is 21.5. The van der Waals surface area contributed by atoms with Gasteiger partial charge in [0.05, 0.1) is 5.52 Å². The average molecular weight is 500 g/mol. The van der Waals surface area contributed by atoms with Crippen molar-refractivity contribution in [3.63, 3.8) is 0 Å². The molecule has 0 saturated carbocycles. The maximum Gasteiger partial charge on any atom is 0.253 e. The van der Waals surface area contributed by atoms with Crippen LogP contribution in [0.2, 0.25) is 0 Å². The Kier molecular flexibility index (Phi) is 8.28. The Labute approximate surface area is 219 Å². The number of hydrogen-bond donors (Lipinski definition) is 2. The molecule has 37 heavy (non-hydrogen) atoms. The van der Waals surface area contributed by atoms with Crippen LogP contribution in [0.4, 0.5) is 5.69 Å². The molecule has 3 heterocycles. The number of piperidine rings is 1. The number of nitrogens with zero attached hydrogens (tertiary/aromatic N) is 3. The number of aromatic nitrogens is 2. The molecule has 194 valence electrons. The molecule has 1 fully saturated rings. The van der Waals surface area contributed by atoms with Crippen molar-refractivity contribution in [3.8, 4) is 0 Å². The average Bonchev–Trinajstić information content (AvgIpc) is 2.96. The number of aryl methyl sites for hydroxylation is 1. The maximum absolute atomic E-state index is 12.6. The summed E-state index contributed by atoms with van der Waals surface area (Å²) < 4.78 is 0. The van der Waals surface area contributed by atoms with E-state index in [1.807, 2.05) is 4.90 Å². The van der Waals surface area contributed by atoms with E-state index >= 15 is 0 Å². The van der Waals surface area contributed by atoms with Crippen LogP contribution in [-0.4, -0.2) is 52.9 Å². The van der Waals surface area contributed by atoms with E-state index in [4.69, 9.17) is 4.98 Å². The summed E-state index contributed by atoms with van der Waals surface area (Å²) in [6.45, 7) is 2.89. The summed E-state index contributed by atoms with van der Waals surface area (Å²) >= 11 is 0. The normalized spacial score (nSPS) is 15.8. The quantitative estimate of drug-likeness (QED) is 0.415. The van der Waals surface area contributed by atoms with Crippen LogP contribution >= 0.6 is 0 Å². The Bertz CT molecular complexity index is 1220. The van der Waals surface area contributed by atoms with Gasteiger partial charge in [-0.1, -0.05) is 18.2 Å². The van der Waals surface area contributed by atoms with Crippen molar-refractivity contribution in [1.29, 1.82) is 0 Å². The van der Waals surface area contributed by atoms with E-state index in [2.05, 4.69) is 39.9 Å². The van der Waals surface area contributed by atoms with Crippen LogP contribution in [0.25, 0.3) is 10.9 Å². The molecule has 0 bridgehead atoms. The van der Waals surface area contributed by atoms with E-state index < -0.39 is 0 Å². The second-order valence-corrected chi connectivity index (χ2v) is 10.2. The summed E-state index contributed by atoms with van der Waals surface area (Å²) in [6, 6.07) is 11.9. The number of rotatable bonds is 9. The van der Waals surface area contributed by atoms with Gasteiger partial charge in [0.15, 0.2) is 0 Å². The van der Waals surface area contributed by atoms with Crippen molar-refractivity contribution >= 4 is 28.4 Å². The third-order valence-electron chi connectivity index (χ3n) is 7.70. The van der Waals surface area contributed by atoms with E-state index in [9.17, 15) is 9.59 Å². The molecule has 2 N–H and O–H groups in total. The summed E-state index contributed by atoms with van der Waals surface area (Å²) in [5, 5.41) is 8.08. The lowest BCUT2D eigenvalue weighted by Crippen LogP contribution is -2.43. The fourth-order valence-electron chi connectivity index (χ4n) is 5.59. The fraction of sp³-hybridized carbons (Fsp3) is 0.467. The van der Waals surface area contributed by atoms with Crippen LogP contribution in [0.15, 0.2) is 48.8 Å². The first-order valence-corrected chi connectivity index (χ1v) is 13.8. The summed E-state index contributed by atoms with van der Waals surface area (Å²) in [7, 11) is 0. The molecular weight excluding hydrogens is 462 g/mol. The molecule has 2 amide bonds. The number of fused-ring (bicyclic) bond motifs is 2.